The van der Waals surface area contributed by atoms with Gasteiger partial charge in [0.15, 0.2) is 5.84 Å². The van der Waals surface area contributed by atoms with Gasteiger partial charge in [-0.15, -0.1) is 0 Å². The third-order valence-corrected chi connectivity index (χ3v) is 3.57. The molecule has 0 amide bonds. The second-order valence-corrected chi connectivity index (χ2v) is 5.08. The van der Waals surface area contributed by atoms with Gasteiger partial charge < -0.3 is 20.9 Å². The minimum absolute atomic E-state index is 0.0815. The minimum Gasteiger partial charge on any atom is -0.409 e. The van der Waals surface area contributed by atoms with Crippen LogP contribution >= 0.6 is 0 Å². The summed E-state index contributed by atoms with van der Waals surface area (Å²) in [6.45, 7) is 5.34. The van der Waals surface area contributed by atoms with Crippen molar-refractivity contribution in [2.45, 2.75) is 26.4 Å². The van der Waals surface area contributed by atoms with E-state index in [1.165, 1.54) is 0 Å². The molecule has 1 aromatic rings. The first-order valence-electron chi connectivity index (χ1n) is 6.41. The van der Waals surface area contributed by atoms with Crippen LogP contribution in [0.5, 0.6) is 0 Å². The summed E-state index contributed by atoms with van der Waals surface area (Å²) in [5.74, 6) is 1.16. The Morgan fingerprint density at radius 1 is 1.58 bits per heavy atom. The highest BCUT2D eigenvalue weighted by Gasteiger charge is 2.27. The fourth-order valence-corrected chi connectivity index (χ4v) is 2.41. The lowest BCUT2D eigenvalue weighted by Crippen LogP contribution is -2.25. The Balaban J connectivity index is 2.24. The monoisotopic (exact) mass is 264 g/mol. The fourth-order valence-electron chi connectivity index (χ4n) is 2.41. The van der Waals surface area contributed by atoms with Crippen molar-refractivity contribution in [2.24, 2.45) is 16.8 Å². The first-order chi connectivity index (χ1) is 9.01. The first kappa shape index (κ1) is 13.6. The van der Waals surface area contributed by atoms with Gasteiger partial charge in [-0.05, 0) is 32.4 Å². The molecule has 0 saturated carbocycles. The second-order valence-electron chi connectivity index (χ2n) is 5.08. The van der Waals surface area contributed by atoms with Gasteiger partial charge in [-0.3, -0.25) is 0 Å². The van der Waals surface area contributed by atoms with E-state index in [4.69, 9.17) is 10.9 Å². The van der Waals surface area contributed by atoms with Crippen LogP contribution in [0, 0.1) is 12.8 Å². The van der Waals surface area contributed by atoms with E-state index in [1.807, 2.05) is 19.9 Å². The summed E-state index contributed by atoms with van der Waals surface area (Å²) in [6, 6.07) is 3.59. The molecule has 104 valence electrons. The van der Waals surface area contributed by atoms with E-state index in [-0.39, 0.29) is 17.9 Å². The summed E-state index contributed by atoms with van der Waals surface area (Å²) in [5, 5.41) is 21.4. The van der Waals surface area contributed by atoms with Crippen LogP contribution in [-0.4, -0.2) is 40.3 Å². The average Bonchev–Trinajstić information content (AvgIpc) is 2.86. The van der Waals surface area contributed by atoms with Gasteiger partial charge in [0.05, 0.1) is 6.10 Å². The molecule has 1 saturated heterocycles. The molecule has 6 nitrogen and oxygen atoms in total. The van der Waals surface area contributed by atoms with Crippen molar-refractivity contribution >= 4 is 11.7 Å². The van der Waals surface area contributed by atoms with E-state index in [0.29, 0.717) is 5.56 Å². The maximum atomic E-state index is 9.63. The number of oxime groups is 1. The van der Waals surface area contributed by atoms with Crippen molar-refractivity contribution < 1.29 is 10.3 Å². The largest absolute Gasteiger partial charge is 0.409 e. The Kier molecular flexibility index (Phi) is 3.90. The van der Waals surface area contributed by atoms with Crippen molar-refractivity contribution in [3.63, 3.8) is 0 Å². The molecule has 19 heavy (non-hydrogen) atoms. The summed E-state index contributed by atoms with van der Waals surface area (Å²) < 4.78 is 0. The van der Waals surface area contributed by atoms with Crippen molar-refractivity contribution in [3.05, 3.63) is 23.4 Å². The molecule has 0 spiro atoms. The van der Waals surface area contributed by atoms with Gasteiger partial charge in [0.1, 0.15) is 5.82 Å². The predicted molar refractivity (Wildman–Crippen MR) is 73.5 cm³/mol. The molecule has 1 aliphatic rings. The number of anilines is 1. The van der Waals surface area contributed by atoms with Gasteiger partial charge in [-0.25, -0.2) is 4.98 Å². The van der Waals surface area contributed by atoms with Crippen molar-refractivity contribution in [2.75, 3.05) is 18.0 Å². The third-order valence-electron chi connectivity index (χ3n) is 3.57. The van der Waals surface area contributed by atoms with Crippen LogP contribution in [0.2, 0.25) is 0 Å². The highest BCUT2D eigenvalue weighted by molar-refractivity contribution is 5.97. The van der Waals surface area contributed by atoms with Gasteiger partial charge in [0.2, 0.25) is 0 Å². The van der Waals surface area contributed by atoms with Crippen LogP contribution in [-0.2, 0) is 0 Å². The lowest BCUT2D eigenvalue weighted by Gasteiger charge is -2.19. The zero-order valence-corrected chi connectivity index (χ0v) is 11.2. The number of hydrogen-bond donors (Lipinski definition) is 3. The molecule has 6 heteroatoms. The number of amidine groups is 1. The molecule has 1 fully saturated rings. The molecule has 2 atom stereocenters. The smallest absolute Gasteiger partial charge is 0.170 e. The number of aliphatic hydroxyl groups excluding tert-OH is 1. The highest BCUT2D eigenvalue weighted by atomic mass is 16.4. The van der Waals surface area contributed by atoms with Gasteiger partial charge in [-0.1, -0.05) is 5.16 Å². The number of nitrogens with two attached hydrogens (primary N) is 1. The molecular weight excluding hydrogens is 244 g/mol. The Labute approximate surface area is 112 Å². The lowest BCUT2D eigenvalue weighted by atomic mass is 10.0. The number of aromatic nitrogens is 1. The number of nitrogens with zero attached hydrogens (tertiary/aromatic N) is 3. The summed E-state index contributed by atoms with van der Waals surface area (Å²) in [7, 11) is 0. The zero-order chi connectivity index (χ0) is 14.0. The molecule has 1 aliphatic heterocycles. The number of aryl methyl sites for hydroxylation is 1. The van der Waals surface area contributed by atoms with Gasteiger partial charge >= 0.3 is 0 Å². The van der Waals surface area contributed by atoms with Crippen LogP contribution in [0.15, 0.2) is 17.3 Å². The van der Waals surface area contributed by atoms with Crippen LogP contribution in [0.3, 0.4) is 0 Å². The van der Waals surface area contributed by atoms with E-state index in [2.05, 4.69) is 15.0 Å². The molecule has 0 bridgehead atoms. The van der Waals surface area contributed by atoms with Crippen LogP contribution in [0.1, 0.15) is 24.6 Å². The summed E-state index contributed by atoms with van der Waals surface area (Å²) in [4.78, 5) is 6.60. The molecule has 0 aromatic carbocycles. The van der Waals surface area contributed by atoms with E-state index < -0.39 is 0 Å². The lowest BCUT2D eigenvalue weighted by molar-refractivity contribution is 0.136. The SMILES string of the molecule is Cc1cc(/C(N)=N/O)cc(N2CCC(C(C)O)C2)n1. The highest BCUT2D eigenvalue weighted by Crippen LogP contribution is 2.25. The van der Waals surface area contributed by atoms with Gasteiger partial charge in [0.25, 0.3) is 0 Å². The Hall–Kier alpha value is -1.82. The van der Waals surface area contributed by atoms with Crippen molar-refractivity contribution in [1.29, 1.82) is 0 Å². The molecular formula is C13H20N4O2. The maximum Gasteiger partial charge on any atom is 0.170 e. The molecule has 2 rings (SSSR count). The summed E-state index contributed by atoms with van der Waals surface area (Å²) in [6.07, 6.45) is 0.644. The third kappa shape index (κ3) is 2.96. The quantitative estimate of drug-likeness (QED) is 0.323. The summed E-state index contributed by atoms with van der Waals surface area (Å²) in [5.41, 5.74) is 7.10. The van der Waals surface area contributed by atoms with E-state index in [9.17, 15) is 5.11 Å². The normalized spacial score (nSPS) is 21.7. The Morgan fingerprint density at radius 2 is 2.32 bits per heavy atom. The molecule has 0 aliphatic carbocycles. The topological polar surface area (TPSA) is 95.0 Å². The minimum atomic E-state index is -0.307. The predicted octanol–water partition coefficient (Wildman–Crippen LogP) is 0.692. The summed E-state index contributed by atoms with van der Waals surface area (Å²) >= 11 is 0. The Bertz CT molecular complexity index is 488. The number of hydrogen-bond acceptors (Lipinski definition) is 5. The van der Waals surface area contributed by atoms with E-state index in [0.717, 1.165) is 31.0 Å². The second kappa shape index (κ2) is 5.44. The van der Waals surface area contributed by atoms with Crippen LogP contribution < -0.4 is 10.6 Å². The van der Waals surface area contributed by atoms with Crippen molar-refractivity contribution in [3.8, 4) is 0 Å². The zero-order valence-electron chi connectivity index (χ0n) is 11.2. The van der Waals surface area contributed by atoms with Crippen LogP contribution in [0.4, 0.5) is 5.82 Å². The van der Waals surface area contributed by atoms with E-state index >= 15 is 0 Å². The fraction of sp³-hybridized carbons (Fsp3) is 0.538. The maximum absolute atomic E-state index is 9.63. The first-order valence-corrected chi connectivity index (χ1v) is 6.41. The Morgan fingerprint density at radius 3 is 2.89 bits per heavy atom. The molecule has 2 unspecified atom stereocenters. The molecule has 0 radical (unpaired) electrons. The average molecular weight is 264 g/mol. The molecule has 2 heterocycles. The van der Waals surface area contributed by atoms with Gasteiger partial charge in [0, 0.05) is 30.3 Å². The van der Waals surface area contributed by atoms with Crippen LogP contribution in [0.25, 0.3) is 0 Å². The number of rotatable bonds is 3. The number of aliphatic hydroxyl groups is 1. The van der Waals surface area contributed by atoms with Crippen molar-refractivity contribution in [1.82, 2.24) is 4.98 Å². The molecule has 4 N–H and O–H groups in total. The number of pyridine rings is 1. The standard InChI is InChI=1S/C13H20N4O2/c1-8-5-11(13(14)16-19)6-12(15-8)17-4-3-10(7-17)9(2)18/h5-6,9-10,18-19H,3-4,7H2,1-2H3,(H2,14,16). The van der Waals surface area contributed by atoms with E-state index in [1.54, 1.807) is 6.07 Å². The van der Waals surface area contributed by atoms with Gasteiger partial charge in [-0.2, -0.15) is 0 Å². The molecule has 1 aromatic heterocycles.